The van der Waals surface area contributed by atoms with Crippen LogP contribution in [0.4, 0.5) is 0 Å². The lowest BCUT2D eigenvalue weighted by Crippen LogP contribution is -2.22. The number of halogens is 1. The van der Waals surface area contributed by atoms with Crippen LogP contribution in [0.2, 0.25) is 5.02 Å². The second-order valence-corrected chi connectivity index (χ2v) is 3.70. The Hall–Kier alpha value is -2.08. The van der Waals surface area contributed by atoms with Crippen molar-refractivity contribution < 1.29 is 4.52 Å². The van der Waals surface area contributed by atoms with Crippen molar-refractivity contribution in [1.29, 1.82) is 0 Å². The fourth-order valence-electron chi connectivity index (χ4n) is 1.19. The van der Waals surface area contributed by atoms with Gasteiger partial charge < -0.3 is 16.0 Å². The zero-order chi connectivity index (χ0) is 12.3. The van der Waals surface area contributed by atoms with Crippen molar-refractivity contribution in [2.24, 2.45) is 16.5 Å². The molecule has 0 saturated carbocycles. The Morgan fingerprint density at radius 1 is 1.29 bits per heavy atom. The van der Waals surface area contributed by atoms with Gasteiger partial charge in [0.15, 0.2) is 5.96 Å². The maximum Gasteiger partial charge on any atom is 0.248 e. The molecule has 4 N–H and O–H groups in total. The van der Waals surface area contributed by atoms with Crippen molar-refractivity contribution in [3.63, 3.8) is 0 Å². The molecule has 0 unspecified atom stereocenters. The van der Waals surface area contributed by atoms with Crippen LogP contribution in [0, 0.1) is 0 Å². The molecule has 0 radical (unpaired) electrons. The average Bonchev–Trinajstić information content (AvgIpc) is 2.76. The summed E-state index contributed by atoms with van der Waals surface area (Å²) in [5.74, 6) is 0.807. The summed E-state index contributed by atoms with van der Waals surface area (Å²) in [6, 6.07) is 7.11. The Morgan fingerprint density at radius 3 is 2.65 bits per heavy atom. The largest absolute Gasteiger partial charge is 0.370 e. The molecule has 0 amide bonds. The van der Waals surface area contributed by atoms with Gasteiger partial charge in [-0.15, -0.1) is 0 Å². The molecule has 1 heterocycles. The van der Waals surface area contributed by atoms with Crippen molar-refractivity contribution in [3.05, 3.63) is 35.2 Å². The van der Waals surface area contributed by atoms with Gasteiger partial charge in [0.1, 0.15) is 6.54 Å². The van der Waals surface area contributed by atoms with Crippen molar-refractivity contribution in [3.8, 4) is 11.4 Å². The molecule has 2 aromatic rings. The Morgan fingerprint density at radius 2 is 2.00 bits per heavy atom. The van der Waals surface area contributed by atoms with E-state index in [0.29, 0.717) is 16.7 Å². The molecular weight excluding hydrogens is 242 g/mol. The third kappa shape index (κ3) is 2.94. The molecule has 0 aliphatic rings. The normalized spacial score (nSPS) is 10.2. The van der Waals surface area contributed by atoms with Crippen LogP contribution in [0.5, 0.6) is 0 Å². The molecule has 0 atom stereocenters. The zero-order valence-electron chi connectivity index (χ0n) is 8.80. The first-order valence-corrected chi connectivity index (χ1v) is 5.17. The molecule has 0 saturated heterocycles. The van der Waals surface area contributed by atoms with Gasteiger partial charge in [-0.1, -0.05) is 16.8 Å². The van der Waals surface area contributed by atoms with Crippen LogP contribution in [-0.4, -0.2) is 16.1 Å². The quantitative estimate of drug-likeness (QED) is 0.629. The van der Waals surface area contributed by atoms with Gasteiger partial charge in [-0.05, 0) is 24.3 Å². The first-order valence-electron chi connectivity index (χ1n) is 4.79. The lowest BCUT2D eigenvalue weighted by Gasteiger charge is -1.93. The topological polar surface area (TPSA) is 103 Å². The molecule has 2 rings (SSSR count). The van der Waals surface area contributed by atoms with E-state index in [0.717, 1.165) is 5.56 Å². The van der Waals surface area contributed by atoms with E-state index in [1.807, 2.05) is 0 Å². The van der Waals surface area contributed by atoms with Gasteiger partial charge in [-0.2, -0.15) is 4.98 Å². The molecule has 0 spiro atoms. The molecule has 88 valence electrons. The molecule has 1 aromatic heterocycles. The molecule has 1 aromatic carbocycles. The van der Waals surface area contributed by atoms with Crippen LogP contribution in [0.15, 0.2) is 33.8 Å². The highest BCUT2D eigenvalue weighted by Gasteiger charge is 2.07. The lowest BCUT2D eigenvalue weighted by molar-refractivity contribution is 0.381. The second kappa shape index (κ2) is 4.84. The summed E-state index contributed by atoms with van der Waals surface area (Å²) in [7, 11) is 0. The maximum atomic E-state index is 5.78. The van der Waals surface area contributed by atoms with Gasteiger partial charge in [0, 0.05) is 10.6 Å². The molecule has 0 bridgehead atoms. The summed E-state index contributed by atoms with van der Waals surface area (Å²) in [5, 5.41) is 4.46. The van der Waals surface area contributed by atoms with E-state index in [9.17, 15) is 0 Å². The molecule has 17 heavy (non-hydrogen) atoms. The Labute approximate surface area is 102 Å². The number of rotatable bonds is 3. The Kier molecular flexibility index (Phi) is 3.24. The van der Waals surface area contributed by atoms with Crippen LogP contribution in [-0.2, 0) is 6.54 Å². The summed E-state index contributed by atoms with van der Waals surface area (Å²) in [5.41, 5.74) is 11.2. The van der Waals surface area contributed by atoms with Gasteiger partial charge in [0.2, 0.25) is 11.7 Å². The number of hydrogen-bond donors (Lipinski definition) is 2. The Bertz CT molecular complexity index is 530. The predicted octanol–water partition coefficient (Wildman–Crippen LogP) is 1.16. The molecule has 0 fully saturated rings. The van der Waals surface area contributed by atoms with Gasteiger partial charge in [-0.3, -0.25) is 0 Å². The van der Waals surface area contributed by atoms with E-state index in [-0.39, 0.29) is 12.5 Å². The summed E-state index contributed by atoms with van der Waals surface area (Å²) in [6.45, 7) is 0.170. The highest BCUT2D eigenvalue weighted by molar-refractivity contribution is 6.30. The van der Waals surface area contributed by atoms with Crippen molar-refractivity contribution >= 4 is 17.6 Å². The minimum atomic E-state index is -0.0174. The number of aromatic nitrogens is 2. The fourth-order valence-corrected chi connectivity index (χ4v) is 1.32. The number of nitrogens with zero attached hydrogens (tertiary/aromatic N) is 3. The molecule has 0 aliphatic heterocycles. The van der Waals surface area contributed by atoms with E-state index < -0.39 is 0 Å². The van der Waals surface area contributed by atoms with Gasteiger partial charge in [-0.25, -0.2) is 4.99 Å². The fraction of sp³-hybridized carbons (Fsp3) is 0.100. The van der Waals surface area contributed by atoms with E-state index in [4.69, 9.17) is 27.6 Å². The van der Waals surface area contributed by atoms with Crippen LogP contribution in [0.3, 0.4) is 0 Å². The first kappa shape index (κ1) is 11.4. The maximum absolute atomic E-state index is 5.78. The first-order chi connectivity index (χ1) is 8.15. The standard InChI is InChI=1S/C10H10ClN5O/c11-7-3-1-6(2-4-7)9-15-8(17-16-9)5-14-10(12)13/h1-4H,5H2,(H4,12,13,14). The summed E-state index contributed by atoms with van der Waals surface area (Å²) < 4.78 is 4.99. The number of nitrogens with two attached hydrogens (primary N) is 2. The van der Waals surface area contributed by atoms with Crippen LogP contribution in [0.1, 0.15) is 5.89 Å². The average molecular weight is 252 g/mol. The minimum absolute atomic E-state index is 0.0174. The third-order valence-electron chi connectivity index (χ3n) is 1.97. The van der Waals surface area contributed by atoms with Crippen molar-refractivity contribution in [1.82, 2.24) is 10.1 Å². The zero-order valence-corrected chi connectivity index (χ0v) is 9.55. The van der Waals surface area contributed by atoms with Crippen LogP contribution < -0.4 is 11.5 Å². The SMILES string of the molecule is NC(N)=NCc1nc(-c2ccc(Cl)cc2)no1. The number of aliphatic imine (C=N–C) groups is 1. The number of hydrogen-bond acceptors (Lipinski definition) is 4. The van der Waals surface area contributed by atoms with Gasteiger partial charge in [0.05, 0.1) is 0 Å². The van der Waals surface area contributed by atoms with Crippen molar-refractivity contribution in [2.45, 2.75) is 6.54 Å². The highest BCUT2D eigenvalue weighted by Crippen LogP contribution is 2.18. The van der Waals surface area contributed by atoms with E-state index >= 15 is 0 Å². The van der Waals surface area contributed by atoms with E-state index in [1.165, 1.54) is 0 Å². The predicted molar refractivity (Wildman–Crippen MR) is 64.3 cm³/mol. The summed E-state index contributed by atoms with van der Waals surface area (Å²) in [6.07, 6.45) is 0. The number of guanidine groups is 1. The number of benzene rings is 1. The van der Waals surface area contributed by atoms with Gasteiger partial charge in [0.25, 0.3) is 0 Å². The van der Waals surface area contributed by atoms with Crippen LogP contribution in [0.25, 0.3) is 11.4 Å². The Balaban J connectivity index is 2.18. The smallest absolute Gasteiger partial charge is 0.248 e. The van der Waals surface area contributed by atoms with E-state index in [2.05, 4.69) is 15.1 Å². The third-order valence-corrected chi connectivity index (χ3v) is 2.22. The monoisotopic (exact) mass is 251 g/mol. The molecule has 7 heteroatoms. The van der Waals surface area contributed by atoms with Crippen LogP contribution >= 0.6 is 11.6 Å². The van der Waals surface area contributed by atoms with E-state index in [1.54, 1.807) is 24.3 Å². The second-order valence-electron chi connectivity index (χ2n) is 3.26. The van der Waals surface area contributed by atoms with Gasteiger partial charge >= 0.3 is 0 Å². The summed E-state index contributed by atoms with van der Waals surface area (Å²) in [4.78, 5) is 7.91. The molecular formula is C10H10ClN5O. The summed E-state index contributed by atoms with van der Waals surface area (Å²) >= 11 is 5.78. The highest BCUT2D eigenvalue weighted by atomic mass is 35.5. The lowest BCUT2D eigenvalue weighted by atomic mass is 10.2. The molecule has 6 nitrogen and oxygen atoms in total. The minimum Gasteiger partial charge on any atom is -0.370 e. The molecule has 0 aliphatic carbocycles. The van der Waals surface area contributed by atoms with Crippen molar-refractivity contribution in [2.75, 3.05) is 0 Å².